The Labute approximate surface area is 225 Å². The molecule has 1 aliphatic carbocycles. The van der Waals surface area contributed by atoms with Gasteiger partial charge in [0.15, 0.2) is 0 Å². The van der Waals surface area contributed by atoms with Crippen molar-refractivity contribution in [2.45, 2.75) is 45.1 Å². The lowest BCUT2D eigenvalue weighted by Gasteiger charge is -2.36. The van der Waals surface area contributed by atoms with Gasteiger partial charge < -0.3 is 20.5 Å². The maximum atomic E-state index is 14.9. The van der Waals surface area contributed by atoms with Crippen molar-refractivity contribution in [3.8, 4) is 17.0 Å². The van der Waals surface area contributed by atoms with E-state index >= 15 is 0 Å². The van der Waals surface area contributed by atoms with Crippen LogP contribution in [-0.4, -0.2) is 42.2 Å². The Morgan fingerprint density at radius 3 is 2.51 bits per heavy atom. The van der Waals surface area contributed by atoms with Crippen LogP contribution in [0.15, 0.2) is 42.7 Å². The molecular weight excluding hydrogens is 509 g/mol. The quantitative estimate of drug-likeness (QED) is 0.336. The van der Waals surface area contributed by atoms with Gasteiger partial charge in [-0.3, -0.25) is 9.78 Å². The van der Waals surface area contributed by atoms with Gasteiger partial charge in [0.2, 0.25) is 0 Å². The standard InChI is InChI=1S/C29H33F3N4O3/c1-16(2)17-10-18(12-19(33)11-17)21-6-7-34-15-26(21)36-29(37)25-5-4-22(30)28(35-25)27-23(31)13-20(14-24(27)32)39-9-8-38-3/h4-7,13-19H,8-12,33H2,1-3H3,(H,36,37)/t17-,18+,19-/m0/s1. The molecule has 0 aliphatic heterocycles. The van der Waals surface area contributed by atoms with Crippen molar-refractivity contribution in [3.63, 3.8) is 0 Å². The molecule has 0 spiro atoms. The van der Waals surface area contributed by atoms with Crippen LogP contribution in [0.2, 0.25) is 0 Å². The maximum absolute atomic E-state index is 14.9. The molecule has 0 saturated heterocycles. The number of anilines is 1. The molecule has 3 aromatic rings. The van der Waals surface area contributed by atoms with Crippen molar-refractivity contribution in [1.82, 2.24) is 9.97 Å². The van der Waals surface area contributed by atoms with E-state index in [0.29, 0.717) is 17.5 Å². The van der Waals surface area contributed by atoms with E-state index in [1.165, 1.54) is 7.11 Å². The molecule has 3 N–H and O–H groups in total. The van der Waals surface area contributed by atoms with Crippen LogP contribution in [0.4, 0.5) is 18.9 Å². The number of hydrogen-bond donors (Lipinski definition) is 2. The monoisotopic (exact) mass is 542 g/mol. The van der Waals surface area contributed by atoms with Crippen molar-refractivity contribution in [3.05, 3.63) is 71.4 Å². The molecule has 7 nitrogen and oxygen atoms in total. The highest BCUT2D eigenvalue weighted by atomic mass is 19.1. The highest BCUT2D eigenvalue weighted by molar-refractivity contribution is 6.03. The molecule has 0 unspecified atom stereocenters. The number of carbonyl (C=O) groups excluding carboxylic acids is 1. The molecule has 1 fully saturated rings. The Morgan fingerprint density at radius 1 is 1.08 bits per heavy atom. The van der Waals surface area contributed by atoms with E-state index < -0.39 is 34.6 Å². The number of hydrogen-bond acceptors (Lipinski definition) is 6. The molecule has 208 valence electrons. The second-order valence-electron chi connectivity index (χ2n) is 10.2. The number of amides is 1. The summed E-state index contributed by atoms with van der Waals surface area (Å²) in [5.74, 6) is -2.80. The zero-order valence-corrected chi connectivity index (χ0v) is 22.2. The number of carbonyl (C=O) groups is 1. The van der Waals surface area contributed by atoms with Crippen LogP contribution in [-0.2, 0) is 4.74 Å². The molecule has 1 saturated carbocycles. The summed E-state index contributed by atoms with van der Waals surface area (Å²) in [7, 11) is 1.47. The number of methoxy groups -OCH3 is 1. The Hall–Kier alpha value is -3.50. The Morgan fingerprint density at radius 2 is 1.82 bits per heavy atom. The molecule has 1 amide bonds. The van der Waals surface area contributed by atoms with Gasteiger partial charge in [0, 0.05) is 31.5 Å². The minimum Gasteiger partial charge on any atom is -0.491 e. The molecule has 4 rings (SSSR count). The summed E-state index contributed by atoms with van der Waals surface area (Å²) < 4.78 is 54.5. The molecule has 1 aromatic carbocycles. The molecule has 10 heteroatoms. The largest absolute Gasteiger partial charge is 0.491 e. The molecule has 39 heavy (non-hydrogen) atoms. The summed E-state index contributed by atoms with van der Waals surface area (Å²) in [5.41, 5.74) is 6.23. The zero-order chi connectivity index (χ0) is 28.1. The minimum atomic E-state index is -1.07. The van der Waals surface area contributed by atoms with E-state index in [1.807, 2.05) is 6.07 Å². The smallest absolute Gasteiger partial charge is 0.274 e. The highest BCUT2D eigenvalue weighted by Crippen LogP contribution is 2.41. The van der Waals surface area contributed by atoms with Crippen molar-refractivity contribution in [2.24, 2.45) is 17.6 Å². The lowest BCUT2D eigenvalue weighted by atomic mass is 9.72. The van der Waals surface area contributed by atoms with Gasteiger partial charge in [-0.1, -0.05) is 13.8 Å². The van der Waals surface area contributed by atoms with E-state index in [2.05, 4.69) is 29.1 Å². The molecule has 3 atom stereocenters. The predicted octanol–water partition coefficient (Wildman–Crippen LogP) is 5.71. The fraction of sp³-hybridized carbons (Fsp3) is 0.414. The molecular formula is C29H33F3N4O3. The number of benzene rings is 1. The summed E-state index contributed by atoms with van der Waals surface area (Å²) in [6.07, 6.45) is 5.87. The second-order valence-corrected chi connectivity index (χ2v) is 10.2. The van der Waals surface area contributed by atoms with Crippen molar-refractivity contribution >= 4 is 11.6 Å². The van der Waals surface area contributed by atoms with E-state index in [1.54, 1.807) is 12.4 Å². The predicted molar refractivity (Wildman–Crippen MR) is 142 cm³/mol. The fourth-order valence-corrected chi connectivity index (χ4v) is 5.10. The van der Waals surface area contributed by atoms with Gasteiger partial charge in [0.25, 0.3) is 5.91 Å². The van der Waals surface area contributed by atoms with Gasteiger partial charge in [-0.05, 0) is 60.8 Å². The van der Waals surface area contributed by atoms with Gasteiger partial charge in [-0.15, -0.1) is 0 Å². The average Bonchev–Trinajstić information content (AvgIpc) is 2.89. The fourth-order valence-electron chi connectivity index (χ4n) is 5.10. The van der Waals surface area contributed by atoms with Gasteiger partial charge in [0.05, 0.1) is 24.1 Å². The second kappa shape index (κ2) is 12.6. The van der Waals surface area contributed by atoms with E-state index in [-0.39, 0.29) is 36.6 Å². The van der Waals surface area contributed by atoms with Gasteiger partial charge >= 0.3 is 0 Å². The Kier molecular flexibility index (Phi) is 9.19. The van der Waals surface area contributed by atoms with Gasteiger partial charge in [-0.2, -0.15) is 0 Å². The van der Waals surface area contributed by atoms with Crippen molar-refractivity contribution < 1.29 is 27.4 Å². The lowest BCUT2D eigenvalue weighted by molar-refractivity contribution is 0.102. The minimum absolute atomic E-state index is 0.0516. The first-order valence-corrected chi connectivity index (χ1v) is 13.0. The van der Waals surface area contributed by atoms with Crippen LogP contribution in [0.5, 0.6) is 5.75 Å². The molecule has 0 bridgehead atoms. The number of aromatic nitrogens is 2. The first-order valence-electron chi connectivity index (χ1n) is 13.0. The first kappa shape index (κ1) is 28.5. The van der Waals surface area contributed by atoms with Gasteiger partial charge in [0.1, 0.15) is 41.2 Å². The normalized spacial score (nSPS) is 19.2. The highest BCUT2D eigenvalue weighted by Gasteiger charge is 2.31. The van der Waals surface area contributed by atoms with Crippen LogP contribution in [0.1, 0.15) is 55.1 Å². The molecule has 2 heterocycles. The van der Waals surface area contributed by atoms with Crippen LogP contribution in [0.3, 0.4) is 0 Å². The number of nitrogens with two attached hydrogens (primary N) is 1. The molecule has 0 radical (unpaired) electrons. The first-order chi connectivity index (χ1) is 18.7. The summed E-state index contributed by atoms with van der Waals surface area (Å²) >= 11 is 0. The van der Waals surface area contributed by atoms with E-state index in [4.69, 9.17) is 15.2 Å². The summed E-state index contributed by atoms with van der Waals surface area (Å²) in [4.78, 5) is 21.3. The third-order valence-electron chi connectivity index (χ3n) is 7.15. The van der Waals surface area contributed by atoms with Gasteiger partial charge in [-0.25, -0.2) is 18.2 Å². The lowest BCUT2D eigenvalue weighted by Crippen LogP contribution is -2.34. The number of pyridine rings is 2. The number of rotatable bonds is 9. The van der Waals surface area contributed by atoms with E-state index in [0.717, 1.165) is 49.1 Å². The van der Waals surface area contributed by atoms with Crippen LogP contribution >= 0.6 is 0 Å². The molecule has 1 aliphatic rings. The number of nitrogens with one attached hydrogen (secondary N) is 1. The zero-order valence-electron chi connectivity index (χ0n) is 22.2. The van der Waals surface area contributed by atoms with Crippen molar-refractivity contribution in [1.29, 1.82) is 0 Å². The maximum Gasteiger partial charge on any atom is 0.274 e. The molecule has 2 aromatic heterocycles. The third-order valence-corrected chi connectivity index (χ3v) is 7.15. The number of nitrogens with zero attached hydrogens (tertiary/aromatic N) is 2. The van der Waals surface area contributed by atoms with E-state index in [9.17, 15) is 18.0 Å². The van der Waals surface area contributed by atoms with Crippen LogP contribution in [0.25, 0.3) is 11.3 Å². The summed E-state index contributed by atoms with van der Waals surface area (Å²) in [5, 5.41) is 2.80. The van der Waals surface area contributed by atoms with Crippen LogP contribution in [0, 0.1) is 29.3 Å². The Bertz CT molecular complexity index is 1300. The third kappa shape index (κ3) is 6.75. The topological polar surface area (TPSA) is 99.4 Å². The summed E-state index contributed by atoms with van der Waals surface area (Å²) in [6, 6.07) is 5.90. The summed E-state index contributed by atoms with van der Waals surface area (Å²) in [6.45, 7) is 4.67. The average molecular weight is 543 g/mol. The number of ether oxygens (including phenoxy) is 2. The SMILES string of the molecule is COCCOc1cc(F)c(-c2nc(C(=O)Nc3cnccc3[C@H]3C[C@@H](N)C[C@@H](C(C)C)C3)ccc2F)c(F)c1. The van der Waals surface area contributed by atoms with Crippen LogP contribution < -0.4 is 15.8 Å². The number of halogens is 3. The Balaban J connectivity index is 1.59. The van der Waals surface area contributed by atoms with Crippen molar-refractivity contribution in [2.75, 3.05) is 25.6 Å².